The lowest BCUT2D eigenvalue weighted by Crippen LogP contribution is -2.19. The molecule has 1 aromatic heterocycles. The Labute approximate surface area is 188 Å². The number of hydrogen-bond acceptors (Lipinski definition) is 9. The van der Waals surface area contributed by atoms with Gasteiger partial charge in [-0.2, -0.15) is 0 Å². The lowest BCUT2D eigenvalue weighted by molar-refractivity contribution is -0.118. The highest BCUT2D eigenvalue weighted by Crippen LogP contribution is 2.50. The van der Waals surface area contributed by atoms with Crippen LogP contribution in [-0.2, 0) is 14.3 Å². The quantitative estimate of drug-likeness (QED) is 0.559. The van der Waals surface area contributed by atoms with Gasteiger partial charge in [0.15, 0.2) is 17.1 Å². The molecule has 172 valence electrons. The minimum Gasteiger partial charge on any atom is -0.504 e. The van der Waals surface area contributed by atoms with Crippen molar-refractivity contribution in [3.05, 3.63) is 63.2 Å². The van der Waals surface area contributed by atoms with Crippen molar-refractivity contribution in [2.24, 2.45) is 0 Å². The molecule has 0 radical (unpaired) electrons. The molecule has 0 fully saturated rings. The molecule has 0 aliphatic heterocycles. The van der Waals surface area contributed by atoms with Gasteiger partial charge in [0.05, 0.1) is 34.0 Å². The summed E-state index contributed by atoms with van der Waals surface area (Å²) >= 11 is 0. The van der Waals surface area contributed by atoms with Gasteiger partial charge >= 0.3 is 0 Å². The summed E-state index contributed by atoms with van der Waals surface area (Å²) < 4.78 is 27.0. The van der Waals surface area contributed by atoms with E-state index >= 15 is 0 Å². The van der Waals surface area contributed by atoms with Crippen molar-refractivity contribution in [3.8, 4) is 23.0 Å². The highest BCUT2D eigenvalue weighted by molar-refractivity contribution is 6.02. The van der Waals surface area contributed by atoms with Crippen molar-refractivity contribution in [3.63, 3.8) is 0 Å². The number of rotatable bonds is 5. The van der Waals surface area contributed by atoms with Crippen molar-refractivity contribution in [1.29, 1.82) is 0 Å². The molecule has 1 aliphatic carbocycles. The number of ether oxygens (including phenoxy) is 4. The van der Waals surface area contributed by atoms with Gasteiger partial charge in [-0.25, -0.2) is 0 Å². The molecule has 4 rings (SSSR count). The topological polar surface area (TPSA) is 125 Å². The first kappa shape index (κ1) is 22.1. The number of fused-ring (bicyclic) bond motifs is 2. The number of allylic oxidation sites excluding steroid dienone is 1. The third-order valence-corrected chi connectivity index (χ3v) is 5.66. The van der Waals surface area contributed by atoms with Gasteiger partial charge in [0, 0.05) is 12.3 Å². The lowest BCUT2D eigenvalue weighted by Gasteiger charge is -2.19. The molecule has 1 heterocycles. The Hall–Kier alpha value is -4.14. The Balaban J connectivity index is 2.22. The van der Waals surface area contributed by atoms with Crippen molar-refractivity contribution < 1.29 is 38.4 Å². The molecule has 0 saturated carbocycles. The van der Waals surface area contributed by atoms with Gasteiger partial charge in [-0.1, -0.05) is 30.3 Å². The van der Waals surface area contributed by atoms with Gasteiger partial charge in [-0.3, -0.25) is 9.59 Å². The Morgan fingerprint density at radius 1 is 0.848 bits per heavy atom. The van der Waals surface area contributed by atoms with E-state index < -0.39 is 28.6 Å². The van der Waals surface area contributed by atoms with Crippen LogP contribution >= 0.6 is 0 Å². The molecule has 0 bridgehead atoms. The van der Waals surface area contributed by atoms with Crippen LogP contribution in [-0.4, -0.2) is 44.4 Å². The Kier molecular flexibility index (Phi) is 5.63. The van der Waals surface area contributed by atoms with E-state index in [1.165, 1.54) is 28.4 Å². The number of ketones is 1. The average Bonchev–Trinajstić information content (AvgIpc) is 2.95. The summed E-state index contributed by atoms with van der Waals surface area (Å²) in [7, 11) is 5.14. The first-order chi connectivity index (χ1) is 15.9. The third-order valence-electron chi connectivity index (χ3n) is 5.66. The molecule has 33 heavy (non-hydrogen) atoms. The third kappa shape index (κ3) is 3.24. The second-order valence-electron chi connectivity index (χ2n) is 7.30. The standard InChI is InChI=1S/C24H22O9/c1-29-19-13(25)10-12(11-8-6-5-7-9-11)14-16(26)15-17(27)22(30-2)23(31-3)18(28)20(15)33-21(14)24(19)32-4/h5-9,12,27-28H,10H2,1-4H3/t12-/m0/s1. The highest BCUT2D eigenvalue weighted by atomic mass is 16.5. The predicted octanol–water partition coefficient (Wildman–Crippen LogP) is 3.29. The van der Waals surface area contributed by atoms with Crippen LogP contribution in [0.3, 0.4) is 0 Å². The van der Waals surface area contributed by atoms with Crippen LogP contribution in [0.5, 0.6) is 23.0 Å². The van der Waals surface area contributed by atoms with E-state index in [1.807, 2.05) is 6.07 Å². The molecule has 1 aliphatic rings. The second kappa shape index (κ2) is 8.42. The van der Waals surface area contributed by atoms with E-state index in [4.69, 9.17) is 23.4 Å². The molecular formula is C24H22O9. The molecular weight excluding hydrogens is 432 g/mol. The molecule has 2 N–H and O–H groups in total. The second-order valence-corrected chi connectivity index (χ2v) is 7.30. The summed E-state index contributed by atoms with van der Waals surface area (Å²) in [6, 6.07) is 8.94. The predicted molar refractivity (Wildman–Crippen MR) is 118 cm³/mol. The fourth-order valence-electron chi connectivity index (χ4n) is 4.20. The van der Waals surface area contributed by atoms with E-state index in [0.29, 0.717) is 5.56 Å². The van der Waals surface area contributed by atoms with E-state index in [1.54, 1.807) is 24.3 Å². The van der Waals surface area contributed by atoms with Crippen LogP contribution in [0, 0.1) is 0 Å². The minimum atomic E-state index is -0.734. The van der Waals surface area contributed by atoms with E-state index in [-0.39, 0.29) is 51.7 Å². The number of carbonyl (C=O) groups excluding carboxylic acids is 1. The lowest BCUT2D eigenvalue weighted by atomic mass is 9.86. The largest absolute Gasteiger partial charge is 0.504 e. The van der Waals surface area contributed by atoms with Crippen LogP contribution in [0.25, 0.3) is 16.7 Å². The first-order valence-electron chi connectivity index (χ1n) is 9.96. The van der Waals surface area contributed by atoms with E-state index in [9.17, 15) is 19.8 Å². The molecule has 0 amide bonds. The number of phenolic OH excluding ortho intramolecular Hbond substituents is 2. The van der Waals surface area contributed by atoms with Crippen LogP contribution in [0.15, 0.2) is 45.3 Å². The maximum atomic E-state index is 13.9. The number of methoxy groups -OCH3 is 4. The molecule has 9 nitrogen and oxygen atoms in total. The van der Waals surface area contributed by atoms with Gasteiger partial charge < -0.3 is 33.6 Å². The number of benzene rings is 2. The molecule has 1 atom stereocenters. The van der Waals surface area contributed by atoms with Crippen LogP contribution in [0.2, 0.25) is 0 Å². The van der Waals surface area contributed by atoms with Gasteiger partial charge in [0.2, 0.25) is 40.0 Å². The van der Waals surface area contributed by atoms with Gasteiger partial charge in [0.25, 0.3) is 0 Å². The summed E-state index contributed by atoms with van der Waals surface area (Å²) in [5.74, 6) is -3.00. The summed E-state index contributed by atoms with van der Waals surface area (Å²) in [4.78, 5) is 26.9. The Bertz CT molecular complexity index is 1340. The van der Waals surface area contributed by atoms with Gasteiger partial charge in [0.1, 0.15) is 5.39 Å². The van der Waals surface area contributed by atoms with Crippen molar-refractivity contribution >= 4 is 22.5 Å². The maximum Gasteiger partial charge on any atom is 0.211 e. The van der Waals surface area contributed by atoms with E-state index in [0.717, 1.165) is 0 Å². The fraction of sp³-hybridized carbons (Fsp3) is 0.250. The number of hydrogen-bond donors (Lipinski definition) is 2. The van der Waals surface area contributed by atoms with Gasteiger partial charge in [-0.05, 0) is 5.56 Å². The molecule has 9 heteroatoms. The van der Waals surface area contributed by atoms with Crippen LogP contribution in [0.1, 0.15) is 29.2 Å². The number of phenols is 2. The fourth-order valence-corrected chi connectivity index (χ4v) is 4.20. The van der Waals surface area contributed by atoms with Crippen molar-refractivity contribution in [2.45, 2.75) is 12.3 Å². The van der Waals surface area contributed by atoms with Crippen molar-refractivity contribution in [1.82, 2.24) is 0 Å². The zero-order chi connectivity index (χ0) is 23.9. The maximum absolute atomic E-state index is 13.9. The summed E-state index contributed by atoms with van der Waals surface area (Å²) in [6.07, 6.45) is -0.108. The molecule has 0 saturated heterocycles. The molecule has 2 aromatic carbocycles. The molecule has 0 unspecified atom stereocenters. The molecule has 0 spiro atoms. The average molecular weight is 454 g/mol. The molecule has 3 aromatic rings. The van der Waals surface area contributed by atoms with E-state index in [2.05, 4.69) is 0 Å². The Morgan fingerprint density at radius 2 is 1.45 bits per heavy atom. The summed E-state index contributed by atoms with van der Waals surface area (Å²) in [6.45, 7) is 0. The first-order valence-corrected chi connectivity index (χ1v) is 9.96. The summed E-state index contributed by atoms with van der Waals surface area (Å²) in [5.41, 5.74) is -0.253. The number of carbonyl (C=O) groups is 1. The zero-order valence-corrected chi connectivity index (χ0v) is 18.4. The van der Waals surface area contributed by atoms with Gasteiger partial charge in [-0.15, -0.1) is 0 Å². The normalized spacial score (nSPS) is 15.8. The SMILES string of the molecule is COC1=C(OC)c2oc3c(O)c(OC)c(OC)c(O)c3c(=O)c2[C@H](c2ccccc2)CC1=O. The van der Waals surface area contributed by atoms with Crippen molar-refractivity contribution in [2.75, 3.05) is 28.4 Å². The highest BCUT2D eigenvalue weighted by Gasteiger charge is 2.38. The summed E-state index contributed by atoms with van der Waals surface area (Å²) in [5, 5.41) is 21.3. The zero-order valence-electron chi connectivity index (χ0n) is 18.4. The monoisotopic (exact) mass is 454 g/mol. The number of aromatic hydroxyl groups is 2. The van der Waals surface area contributed by atoms with Crippen LogP contribution in [0.4, 0.5) is 0 Å². The Morgan fingerprint density at radius 3 is 2.03 bits per heavy atom. The number of Topliss-reactive ketones (excluding diaryl/α,β-unsaturated/α-hetero) is 1. The smallest absolute Gasteiger partial charge is 0.211 e. The van der Waals surface area contributed by atoms with Crippen LogP contribution < -0.4 is 14.9 Å². The minimum absolute atomic E-state index is 0.0767.